The van der Waals surface area contributed by atoms with Gasteiger partial charge in [-0.15, -0.1) is 12.3 Å². The highest BCUT2D eigenvalue weighted by molar-refractivity contribution is 5.88. The molecule has 1 amide bonds. The lowest BCUT2D eigenvalue weighted by atomic mass is 10.1. The number of fused-ring (bicyclic) bond motifs is 1. The van der Waals surface area contributed by atoms with Crippen molar-refractivity contribution in [3.05, 3.63) is 42.0 Å². The van der Waals surface area contributed by atoms with Crippen molar-refractivity contribution in [2.45, 2.75) is 19.4 Å². The molecule has 0 bridgehead atoms. The van der Waals surface area contributed by atoms with Crippen molar-refractivity contribution in [3.63, 3.8) is 0 Å². The van der Waals surface area contributed by atoms with Gasteiger partial charge in [0.05, 0.1) is 18.6 Å². The van der Waals surface area contributed by atoms with E-state index in [0.717, 1.165) is 36.6 Å². The van der Waals surface area contributed by atoms with Gasteiger partial charge in [-0.25, -0.2) is 9.78 Å². The molecular formula is C18H20N4O2. The summed E-state index contributed by atoms with van der Waals surface area (Å²) in [4.78, 5) is 23.0. The fourth-order valence-electron chi connectivity index (χ4n) is 2.78. The van der Waals surface area contributed by atoms with Crippen LogP contribution in [0.3, 0.4) is 0 Å². The number of nitrogens with one attached hydrogen (secondary N) is 1. The van der Waals surface area contributed by atoms with Crippen LogP contribution < -0.4 is 9.80 Å². The summed E-state index contributed by atoms with van der Waals surface area (Å²) < 4.78 is 5.15. The Hall–Kier alpha value is -2.94. The molecule has 0 unspecified atom stereocenters. The molecule has 1 aromatic carbocycles. The number of imidazole rings is 1. The first kappa shape index (κ1) is 15.9. The molecule has 0 radical (unpaired) electrons. The highest BCUT2D eigenvalue weighted by atomic mass is 16.6. The van der Waals surface area contributed by atoms with Crippen molar-refractivity contribution in [3.8, 4) is 12.3 Å². The van der Waals surface area contributed by atoms with Crippen LogP contribution in [-0.2, 0) is 17.7 Å². The Morgan fingerprint density at radius 1 is 1.54 bits per heavy atom. The van der Waals surface area contributed by atoms with E-state index >= 15 is 0 Å². The highest BCUT2D eigenvalue weighted by Gasteiger charge is 2.22. The lowest BCUT2D eigenvalue weighted by Crippen LogP contribution is -2.27. The normalized spacial score (nSPS) is 12.6. The number of H-pyrrole nitrogens is 1. The number of aromatic nitrogens is 2. The summed E-state index contributed by atoms with van der Waals surface area (Å²) in [7, 11) is 1.70. The number of aromatic amines is 1. The van der Waals surface area contributed by atoms with Crippen LogP contribution in [0.2, 0.25) is 0 Å². The zero-order chi connectivity index (χ0) is 16.9. The lowest BCUT2D eigenvalue weighted by molar-refractivity contribution is 0.157. The predicted octanol–water partition coefficient (Wildman–Crippen LogP) is 2.57. The third-order valence-electron chi connectivity index (χ3n) is 4.11. The van der Waals surface area contributed by atoms with Crippen LogP contribution in [0.15, 0.2) is 30.7 Å². The third kappa shape index (κ3) is 3.35. The summed E-state index contributed by atoms with van der Waals surface area (Å²) in [5.41, 5.74) is 4.30. The largest absolute Gasteiger partial charge is 0.448 e. The second-order valence-corrected chi connectivity index (χ2v) is 5.69. The van der Waals surface area contributed by atoms with E-state index in [0.29, 0.717) is 6.42 Å². The average molecular weight is 324 g/mol. The van der Waals surface area contributed by atoms with Crippen LogP contribution in [-0.4, -0.2) is 36.3 Å². The summed E-state index contributed by atoms with van der Waals surface area (Å²) in [6, 6.07) is 6.05. The molecule has 6 nitrogen and oxygen atoms in total. The molecule has 0 fully saturated rings. The van der Waals surface area contributed by atoms with E-state index in [1.165, 1.54) is 10.5 Å². The minimum atomic E-state index is -0.400. The molecule has 2 heterocycles. The smallest absolute Gasteiger partial charge is 0.414 e. The maximum Gasteiger partial charge on any atom is 0.414 e. The summed E-state index contributed by atoms with van der Waals surface area (Å²) in [6.45, 7) is 1.96. The first-order chi connectivity index (χ1) is 11.7. The number of carbonyl (C=O) groups is 1. The minimum Gasteiger partial charge on any atom is -0.448 e. The van der Waals surface area contributed by atoms with Gasteiger partial charge in [0.2, 0.25) is 0 Å². The number of anilines is 2. The zero-order valence-corrected chi connectivity index (χ0v) is 13.7. The molecule has 1 aromatic heterocycles. The van der Waals surface area contributed by atoms with Gasteiger partial charge in [-0.3, -0.25) is 4.90 Å². The van der Waals surface area contributed by atoms with Crippen LogP contribution in [0.25, 0.3) is 0 Å². The molecule has 2 aromatic rings. The predicted molar refractivity (Wildman–Crippen MR) is 93.0 cm³/mol. The molecule has 124 valence electrons. The van der Waals surface area contributed by atoms with Gasteiger partial charge in [-0.05, 0) is 24.1 Å². The number of nitrogens with zero attached hydrogens (tertiary/aromatic N) is 3. The Bertz CT molecular complexity index is 749. The van der Waals surface area contributed by atoms with E-state index < -0.39 is 6.09 Å². The van der Waals surface area contributed by atoms with Crippen molar-refractivity contribution in [1.82, 2.24) is 9.97 Å². The van der Waals surface area contributed by atoms with Gasteiger partial charge in [0, 0.05) is 37.6 Å². The number of hydrogen-bond donors (Lipinski definition) is 1. The van der Waals surface area contributed by atoms with E-state index in [1.807, 2.05) is 18.3 Å². The number of amides is 1. The number of ether oxygens (including phenoxy) is 1. The van der Waals surface area contributed by atoms with E-state index in [1.54, 1.807) is 13.4 Å². The second kappa shape index (κ2) is 7.09. The summed E-state index contributed by atoms with van der Waals surface area (Å²) >= 11 is 0. The van der Waals surface area contributed by atoms with Gasteiger partial charge in [0.25, 0.3) is 0 Å². The van der Waals surface area contributed by atoms with Crippen LogP contribution in [0.5, 0.6) is 0 Å². The number of hydrogen-bond acceptors (Lipinski definition) is 4. The Kier molecular flexibility index (Phi) is 4.71. The highest BCUT2D eigenvalue weighted by Crippen LogP contribution is 2.33. The number of benzene rings is 1. The summed E-state index contributed by atoms with van der Waals surface area (Å²) in [5, 5.41) is 0. The fourth-order valence-corrected chi connectivity index (χ4v) is 2.78. The van der Waals surface area contributed by atoms with Gasteiger partial charge in [-0.1, -0.05) is 6.07 Å². The Morgan fingerprint density at radius 3 is 3.17 bits per heavy atom. The molecule has 3 rings (SSSR count). The molecule has 0 saturated heterocycles. The SMILES string of the molecule is C#CCCOC(=O)N(C)c1ccc2c(c1)N(Cc1cnc[nH]1)CC2. The quantitative estimate of drug-likeness (QED) is 0.678. The van der Waals surface area contributed by atoms with Gasteiger partial charge in [-0.2, -0.15) is 0 Å². The van der Waals surface area contributed by atoms with Crippen molar-refractivity contribution in [2.75, 3.05) is 30.0 Å². The van der Waals surface area contributed by atoms with E-state index in [4.69, 9.17) is 11.2 Å². The average Bonchev–Trinajstić information content (AvgIpc) is 3.24. The van der Waals surface area contributed by atoms with Crippen LogP contribution in [0.4, 0.5) is 16.2 Å². The molecule has 1 N–H and O–H groups in total. The second-order valence-electron chi connectivity index (χ2n) is 5.69. The number of terminal acetylenes is 1. The van der Waals surface area contributed by atoms with E-state index in [-0.39, 0.29) is 6.61 Å². The monoisotopic (exact) mass is 324 g/mol. The van der Waals surface area contributed by atoms with Crippen molar-refractivity contribution < 1.29 is 9.53 Å². The van der Waals surface area contributed by atoms with Crippen molar-refractivity contribution >= 4 is 17.5 Å². The van der Waals surface area contributed by atoms with Gasteiger partial charge in [0.1, 0.15) is 6.61 Å². The van der Waals surface area contributed by atoms with Crippen molar-refractivity contribution in [1.29, 1.82) is 0 Å². The van der Waals surface area contributed by atoms with Crippen molar-refractivity contribution in [2.24, 2.45) is 0 Å². The Labute approximate surface area is 141 Å². The van der Waals surface area contributed by atoms with Crippen LogP contribution in [0.1, 0.15) is 17.7 Å². The van der Waals surface area contributed by atoms with Gasteiger partial charge >= 0.3 is 6.09 Å². The first-order valence-electron chi connectivity index (χ1n) is 7.88. The zero-order valence-electron chi connectivity index (χ0n) is 13.7. The maximum absolute atomic E-state index is 12.1. The third-order valence-corrected chi connectivity index (χ3v) is 4.11. The van der Waals surface area contributed by atoms with Crippen LogP contribution >= 0.6 is 0 Å². The lowest BCUT2D eigenvalue weighted by Gasteiger charge is -2.22. The standard InChI is InChI=1S/C18H20N4O2/c1-3-4-9-24-18(23)21(2)16-6-5-14-7-8-22(17(14)10-16)12-15-11-19-13-20-15/h1,5-6,10-11,13H,4,7-9,12H2,2H3,(H,19,20). The molecule has 1 aliphatic rings. The topological polar surface area (TPSA) is 61.5 Å². The van der Waals surface area contributed by atoms with Gasteiger partial charge < -0.3 is 14.6 Å². The van der Waals surface area contributed by atoms with Gasteiger partial charge in [0.15, 0.2) is 0 Å². The number of carbonyl (C=O) groups excluding carboxylic acids is 1. The fraction of sp³-hybridized carbons (Fsp3) is 0.333. The Morgan fingerprint density at radius 2 is 2.42 bits per heavy atom. The molecule has 0 aliphatic carbocycles. The number of rotatable bonds is 5. The molecule has 0 saturated carbocycles. The summed E-state index contributed by atoms with van der Waals surface area (Å²) in [5.74, 6) is 2.45. The Balaban J connectivity index is 1.73. The molecular weight excluding hydrogens is 304 g/mol. The summed E-state index contributed by atoms with van der Waals surface area (Å²) in [6.07, 6.45) is 9.70. The molecule has 24 heavy (non-hydrogen) atoms. The molecule has 0 atom stereocenters. The molecule has 1 aliphatic heterocycles. The first-order valence-corrected chi connectivity index (χ1v) is 7.88. The maximum atomic E-state index is 12.1. The van der Waals surface area contributed by atoms with E-state index in [2.05, 4.69) is 26.9 Å². The molecule has 6 heteroatoms. The van der Waals surface area contributed by atoms with Crippen LogP contribution in [0, 0.1) is 12.3 Å². The van der Waals surface area contributed by atoms with E-state index in [9.17, 15) is 4.79 Å². The molecule has 0 spiro atoms. The minimum absolute atomic E-state index is 0.233.